The molecular formula is C26H25BrO3. The van der Waals surface area contributed by atoms with Crippen molar-refractivity contribution in [1.29, 1.82) is 0 Å². The first-order valence-electron chi connectivity index (χ1n) is 10.4. The van der Waals surface area contributed by atoms with Crippen molar-refractivity contribution >= 4 is 21.9 Å². The van der Waals surface area contributed by atoms with E-state index in [1.54, 1.807) is 12.1 Å². The van der Waals surface area contributed by atoms with E-state index in [9.17, 15) is 9.90 Å². The van der Waals surface area contributed by atoms with Crippen LogP contribution in [0.2, 0.25) is 0 Å². The Morgan fingerprint density at radius 1 is 0.933 bits per heavy atom. The van der Waals surface area contributed by atoms with Gasteiger partial charge in [0.25, 0.3) is 0 Å². The number of esters is 1. The molecule has 0 radical (unpaired) electrons. The van der Waals surface area contributed by atoms with E-state index in [0.29, 0.717) is 12.0 Å². The Kier molecular flexibility index (Phi) is 6.35. The van der Waals surface area contributed by atoms with Crippen molar-refractivity contribution in [2.45, 2.75) is 43.3 Å². The predicted octanol–water partition coefficient (Wildman–Crippen LogP) is 6.22. The molecule has 3 aromatic carbocycles. The Labute approximate surface area is 185 Å². The van der Waals surface area contributed by atoms with Crippen LogP contribution in [-0.4, -0.2) is 17.2 Å². The highest BCUT2D eigenvalue weighted by atomic mass is 79.9. The Morgan fingerprint density at radius 3 is 2.20 bits per heavy atom. The quantitative estimate of drug-likeness (QED) is 0.455. The molecule has 0 spiro atoms. The van der Waals surface area contributed by atoms with Crippen LogP contribution in [0, 0.1) is 0 Å². The normalized spacial score (nSPS) is 22.3. The fourth-order valence-corrected chi connectivity index (χ4v) is 4.85. The smallest absolute Gasteiger partial charge is 0.338 e. The van der Waals surface area contributed by atoms with E-state index in [4.69, 9.17) is 4.74 Å². The number of aliphatic hydroxyl groups is 1. The Hall–Kier alpha value is -2.43. The zero-order valence-corrected chi connectivity index (χ0v) is 18.3. The predicted molar refractivity (Wildman–Crippen MR) is 121 cm³/mol. The average molecular weight is 465 g/mol. The third kappa shape index (κ3) is 4.07. The maximum atomic E-state index is 13.1. The molecule has 1 aliphatic rings. The molecular weight excluding hydrogens is 440 g/mol. The van der Waals surface area contributed by atoms with Crippen LogP contribution in [0.4, 0.5) is 0 Å². The lowest BCUT2D eigenvalue weighted by Crippen LogP contribution is -2.48. The number of hydrogen-bond donors (Lipinski definition) is 1. The lowest BCUT2D eigenvalue weighted by atomic mass is 9.62. The van der Waals surface area contributed by atoms with E-state index < -0.39 is 17.6 Å². The summed E-state index contributed by atoms with van der Waals surface area (Å²) in [5, 5.41) is 11.4. The molecule has 4 heteroatoms. The van der Waals surface area contributed by atoms with Crippen molar-refractivity contribution in [2.75, 3.05) is 0 Å². The number of hydrogen-bond acceptors (Lipinski definition) is 3. The number of rotatable bonds is 5. The van der Waals surface area contributed by atoms with E-state index in [2.05, 4.69) is 15.9 Å². The topological polar surface area (TPSA) is 46.5 Å². The fraction of sp³-hybridized carbons (Fsp3) is 0.269. The van der Waals surface area contributed by atoms with Crippen LogP contribution in [0.25, 0.3) is 0 Å². The maximum absolute atomic E-state index is 13.1. The van der Waals surface area contributed by atoms with Gasteiger partial charge >= 0.3 is 5.97 Å². The molecule has 1 saturated carbocycles. The molecule has 0 amide bonds. The SMILES string of the molecule is O=C(O[C@@H](c1ccccc1)[C@@]1(c2ccc(Br)cc2)CCCC[C@@H]1O)c1ccccc1. The summed E-state index contributed by atoms with van der Waals surface area (Å²) in [4.78, 5) is 13.1. The summed E-state index contributed by atoms with van der Waals surface area (Å²) in [6.45, 7) is 0. The number of halogens is 1. The first-order chi connectivity index (χ1) is 14.6. The van der Waals surface area contributed by atoms with Gasteiger partial charge in [-0.25, -0.2) is 4.79 Å². The average Bonchev–Trinajstić information content (AvgIpc) is 2.80. The second kappa shape index (κ2) is 9.15. The Balaban J connectivity index is 1.83. The minimum atomic E-state index is -0.704. The van der Waals surface area contributed by atoms with E-state index in [-0.39, 0.29) is 5.97 Å². The standard InChI is InChI=1S/C26H25BrO3/c27-22-16-14-21(15-17-22)26(18-8-7-13-23(26)28)24(19-9-3-1-4-10-19)30-25(29)20-11-5-2-6-12-20/h1-6,9-12,14-17,23-24,28H,7-8,13,18H2/t23-,24-,26+/m0/s1. The number of carbonyl (C=O) groups is 1. The van der Waals surface area contributed by atoms with Gasteiger partial charge in [0.1, 0.15) is 6.10 Å². The van der Waals surface area contributed by atoms with Crippen LogP contribution in [0.1, 0.15) is 53.3 Å². The number of ether oxygens (including phenoxy) is 1. The molecule has 3 nitrogen and oxygen atoms in total. The van der Waals surface area contributed by atoms with E-state index >= 15 is 0 Å². The minimum Gasteiger partial charge on any atom is -0.453 e. The second-order valence-electron chi connectivity index (χ2n) is 7.87. The zero-order chi connectivity index (χ0) is 21.0. The van der Waals surface area contributed by atoms with Crippen molar-refractivity contribution in [3.63, 3.8) is 0 Å². The summed E-state index contributed by atoms with van der Waals surface area (Å²) < 4.78 is 7.19. The number of carbonyl (C=O) groups excluding carboxylic acids is 1. The number of benzene rings is 3. The summed E-state index contributed by atoms with van der Waals surface area (Å²) in [5.41, 5.74) is 1.69. The van der Waals surface area contributed by atoms with Crippen molar-refractivity contribution in [1.82, 2.24) is 0 Å². The van der Waals surface area contributed by atoms with E-state index in [0.717, 1.165) is 34.9 Å². The molecule has 0 heterocycles. The molecule has 3 atom stereocenters. The van der Waals surface area contributed by atoms with Crippen molar-refractivity contribution in [2.24, 2.45) is 0 Å². The largest absolute Gasteiger partial charge is 0.453 e. The van der Waals surface area contributed by atoms with Crippen LogP contribution in [0.5, 0.6) is 0 Å². The molecule has 0 unspecified atom stereocenters. The maximum Gasteiger partial charge on any atom is 0.338 e. The van der Waals surface area contributed by atoms with Crippen LogP contribution in [0.15, 0.2) is 89.4 Å². The van der Waals surface area contributed by atoms with Gasteiger partial charge < -0.3 is 9.84 Å². The third-order valence-corrected chi connectivity index (χ3v) is 6.63. The van der Waals surface area contributed by atoms with Crippen molar-refractivity contribution < 1.29 is 14.6 Å². The molecule has 0 saturated heterocycles. The van der Waals surface area contributed by atoms with Gasteiger partial charge in [0.2, 0.25) is 0 Å². The molecule has 0 aliphatic heterocycles. The second-order valence-corrected chi connectivity index (χ2v) is 8.79. The monoisotopic (exact) mass is 464 g/mol. The third-order valence-electron chi connectivity index (χ3n) is 6.10. The van der Waals surface area contributed by atoms with Crippen molar-refractivity contribution in [3.05, 3.63) is 106 Å². The highest BCUT2D eigenvalue weighted by Crippen LogP contribution is 2.50. The summed E-state index contributed by atoms with van der Waals surface area (Å²) in [7, 11) is 0. The first-order valence-corrected chi connectivity index (χ1v) is 11.2. The molecule has 1 fully saturated rings. The van der Waals surface area contributed by atoms with Crippen LogP contribution in [0.3, 0.4) is 0 Å². The summed E-state index contributed by atoms with van der Waals surface area (Å²) in [6, 6.07) is 26.9. The molecule has 0 bridgehead atoms. The van der Waals surface area contributed by atoms with Gasteiger partial charge in [-0.3, -0.25) is 0 Å². The van der Waals surface area contributed by atoms with Crippen molar-refractivity contribution in [3.8, 4) is 0 Å². The molecule has 1 aliphatic carbocycles. The lowest BCUT2D eigenvalue weighted by Gasteiger charge is -2.47. The molecule has 3 aromatic rings. The number of aliphatic hydroxyl groups excluding tert-OH is 1. The van der Waals surface area contributed by atoms with E-state index in [1.807, 2.05) is 72.8 Å². The van der Waals surface area contributed by atoms with Gasteiger partial charge in [0.15, 0.2) is 0 Å². The molecule has 4 rings (SSSR count). The highest BCUT2D eigenvalue weighted by molar-refractivity contribution is 9.10. The Bertz CT molecular complexity index is 972. The van der Waals surface area contributed by atoms with Crippen LogP contribution in [-0.2, 0) is 10.2 Å². The van der Waals surface area contributed by atoms with Crippen LogP contribution >= 0.6 is 15.9 Å². The fourth-order valence-electron chi connectivity index (χ4n) is 4.58. The molecule has 1 N–H and O–H groups in total. The van der Waals surface area contributed by atoms with E-state index in [1.165, 1.54) is 0 Å². The first kappa shape index (κ1) is 20.8. The van der Waals surface area contributed by atoms with Crippen LogP contribution < -0.4 is 0 Å². The minimum absolute atomic E-state index is 0.376. The summed E-state index contributed by atoms with van der Waals surface area (Å²) in [6.07, 6.45) is 2.16. The lowest BCUT2D eigenvalue weighted by molar-refractivity contribution is -0.0582. The van der Waals surface area contributed by atoms with Gasteiger partial charge in [-0.1, -0.05) is 89.4 Å². The zero-order valence-electron chi connectivity index (χ0n) is 16.7. The summed E-state index contributed by atoms with van der Waals surface area (Å²) in [5.74, 6) is -0.376. The molecule has 0 aromatic heterocycles. The highest BCUT2D eigenvalue weighted by Gasteiger charge is 2.50. The van der Waals surface area contributed by atoms with Gasteiger partial charge in [-0.2, -0.15) is 0 Å². The van der Waals surface area contributed by atoms with Gasteiger partial charge in [-0.05, 0) is 48.2 Å². The molecule has 154 valence electrons. The molecule has 30 heavy (non-hydrogen) atoms. The van der Waals surface area contributed by atoms with Gasteiger partial charge in [0.05, 0.1) is 17.1 Å². The Morgan fingerprint density at radius 2 is 1.57 bits per heavy atom. The summed E-state index contributed by atoms with van der Waals surface area (Å²) >= 11 is 3.51. The van der Waals surface area contributed by atoms with Gasteiger partial charge in [-0.15, -0.1) is 0 Å². The van der Waals surface area contributed by atoms with Gasteiger partial charge in [0, 0.05) is 4.47 Å².